The molecule has 2 aromatic carbocycles. The molecule has 0 heterocycles. The molecule has 3 rings (SSSR count). The van der Waals surface area contributed by atoms with Gasteiger partial charge in [0.2, 0.25) is 11.8 Å². The van der Waals surface area contributed by atoms with Crippen LogP contribution in [0.4, 0.5) is 18.9 Å². The molecular weight excluding hydrogens is 373 g/mol. The minimum absolute atomic E-state index is 0.207. The summed E-state index contributed by atoms with van der Waals surface area (Å²) in [5, 5.41) is 5.28. The normalized spacial score (nSPS) is 14.9. The highest BCUT2D eigenvalue weighted by atomic mass is 19.4. The number of para-hydroxylation sites is 1. The SMILES string of the molecule is COc1ccccc1CNC(=O)C1(C(=O)Nc2ccc(C(F)(F)F)cc2)CC1. The Morgan fingerprint density at radius 3 is 2.25 bits per heavy atom. The fraction of sp³-hybridized carbons (Fsp3) is 0.300. The number of carbonyl (C=O) groups is 2. The first-order valence-corrected chi connectivity index (χ1v) is 8.65. The van der Waals surface area contributed by atoms with Crippen molar-refractivity contribution in [2.45, 2.75) is 25.6 Å². The van der Waals surface area contributed by atoms with Crippen molar-refractivity contribution in [2.24, 2.45) is 5.41 Å². The predicted molar refractivity (Wildman–Crippen MR) is 96.6 cm³/mol. The Kier molecular flexibility index (Phi) is 5.31. The maximum absolute atomic E-state index is 12.6. The van der Waals surface area contributed by atoms with E-state index in [1.807, 2.05) is 12.1 Å². The molecule has 0 aliphatic heterocycles. The van der Waals surface area contributed by atoms with Gasteiger partial charge in [0, 0.05) is 17.8 Å². The second-order valence-electron chi connectivity index (χ2n) is 6.61. The van der Waals surface area contributed by atoms with Crippen LogP contribution in [0.5, 0.6) is 5.75 Å². The summed E-state index contributed by atoms with van der Waals surface area (Å²) in [5.41, 5.74) is -1.01. The lowest BCUT2D eigenvalue weighted by Crippen LogP contribution is -2.39. The molecule has 0 atom stereocenters. The number of nitrogens with one attached hydrogen (secondary N) is 2. The topological polar surface area (TPSA) is 67.4 Å². The number of alkyl halides is 3. The standard InChI is InChI=1S/C20H19F3N2O3/c1-28-16-5-3-2-4-13(16)12-24-17(26)19(10-11-19)18(27)25-15-8-6-14(7-9-15)20(21,22)23/h2-9H,10-12H2,1H3,(H,24,26)(H,25,27). The summed E-state index contributed by atoms with van der Waals surface area (Å²) in [4.78, 5) is 25.1. The molecule has 8 heteroatoms. The van der Waals surface area contributed by atoms with Gasteiger partial charge in [-0.1, -0.05) is 18.2 Å². The van der Waals surface area contributed by atoms with Gasteiger partial charge in [-0.05, 0) is 43.2 Å². The fourth-order valence-corrected chi connectivity index (χ4v) is 2.87. The summed E-state index contributed by atoms with van der Waals surface area (Å²) < 4.78 is 43.1. The van der Waals surface area contributed by atoms with Crippen molar-refractivity contribution in [3.8, 4) is 5.75 Å². The zero-order valence-electron chi connectivity index (χ0n) is 15.1. The number of anilines is 1. The summed E-state index contributed by atoms with van der Waals surface area (Å²) >= 11 is 0. The zero-order valence-corrected chi connectivity index (χ0v) is 15.1. The van der Waals surface area contributed by atoms with Gasteiger partial charge in [0.05, 0.1) is 12.7 Å². The van der Waals surface area contributed by atoms with Crippen molar-refractivity contribution in [2.75, 3.05) is 12.4 Å². The van der Waals surface area contributed by atoms with Gasteiger partial charge in [-0.3, -0.25) is 9.59 Å². The van der Waals surface area contributed by atoms with E-state index in [0.717, 1.165) is 17.7 Å². The van der Waals surface area contributed by atoms with Crippen LogP contribution in [0.25, 0.3) is 0 Å². The van der Waals surface area contributed by atoms with Gasteiger partial charge >= 0.3 is 6.18 Å². The Morgan fingerprint density at radius 2 is 1.68 bits per heavy atom. The van der Waals surface area contributed by atoms with E-state index in [1.54, 1.807) is 12.1 Å². The van der Waals surface area contributed by atoms with Crippen LogP contribution in [0.3, 0.4) is 0 Å². The molecule has 2 N–H and O–H groups in total. The van der Waals surface area contributed by atoms with E-state index < -0.39 is 29.0 Å². The maximum Gasteiger partial charge on any atom is 0.416 e. The predicted octanol–water partition coefficient (Wildman–Crippen LogP) is 3.75. The van der Waals surface area contributed by atoms with E-state index in [-0.39, 0.29) is 12.2 Å². The smallest absolute Gasteiger partial charge is 0.416 e. The van der Waals surface area contributed by atoms with Crippen LogP contribution in [0, 0.1) is 5.41 Å². The lowest BCUT2D eigenvalue weighted by atomic mass is 10.0. The molecule has 0 spiro atoms. The third-order valence-corrected chi connectivity index (χ3v) is 4.72. The highest BCUT2D eigenvalue weighted by Crippen LogP contribution is 2.47. The van der Waals surface area contributed by atoms with Crippen molar-refractivity contribution in [1.29, 1.82) is 0 Å². The van der Waals surface area contributed by atoms with Crippen molar-refractivity contribution in [3.05, 3.63) is 59.7 Å². The van der Waals surface area contributed by atoms with Crippen LogP contribution in [0.15, 0.2) is 48.5 Å². The summed E-state index contributed by atoms with van der Waals surface area (Å²) in [6.07, 6.45) is -3.67. The molecule has 2 aromatic rings. The van der Waals surface area contributed by atoms with Gasteiger partial charge in [0.25, 0.3) is 0 Å². The van der Waals surface area contributed by atoms with Crippen LogP contribution in [0.2, 0.25) is 0 Å². The van der Waals surface area contributed by atoms with E-state index in [9.17, 15) is 22.8 Å². The van der Waals surface area contributed by atoms with Crippen LogP contribution in [-0.2, 0) is 22.3 Å². The van der Waals surface area contributed by atoms with E-state index >= 15 is 0 Å². The second-order valence-corrected chi connectivity index (χ2v) is 6.61. The third kappa shape index (κ3) is 4.11. The Hall–Kier alpha value is -3.03. The molecule has 1 saturated carbocycles. The number of carbonyl (C=O) groups excluding carboxylic acids is 2. The number of benzene rings is 2. The summed E-state index contributed by atoms with van der Waals surface area (Å²) in [7, 11) is 1.53. The van der Waals surface area contributed by atoms with Crippen molar-refractivity contribution in [3.63, 3.8) is 0 Å². The average molecular weight is 392 g/mol. The first-order chi connectivity index (χ1) is 13.3. The molecular formula is C20H19F3N2O3. The molecule has 1 aliphatic rings. The Labute approximate surface area is 159 Å². The van der Waals surface area contributed by atoms with Crippen LogP contribution >= 0.6 is 0 Å². The molecule has 0 bridgehead atoms. The molecule has 28 heavy (non-hydrogen) atoms. The second kappa shape index (κ2) is 7.53. The molecule has 2 amide bonds. The molecule has 0 unspecified atom stereocenters. The number of hydrogen-bond donors (Lipinski definition) is 2. The highest BCUT2D eigenvalue weighted by molar-refractivity contribution is 6.13. The van der Waals surface area contributed by atoms with E-state index in [4.69, 9.17) is 4.74 Å². The monoisotopic (exact) mass is 392 g/mol. The molecule has 0 radical (unpaired) electrons. The van der Waals surface area contributed by atoms with Crippen LogP contribution in [0.1, 0.15) is 24.0 Å². The Bertz CT molecular complexity index is 875. The molecule has 0 aromatic heterocycles. The quantitative estimate of drug-likeness (QED) is 0.736. The zero-order chi connectivity index (χ0) is 20.4. The number of ether oxygens (including phenoxy) is 1. The number of hydrogen-bond acceptors (Lipinski definition) is 3. The van der Waals surface area contributed by atoms with Crippen molar-refractivity contribution >= 4 is 17.5 Å². The lowest BCUT2D eigenvalue weighted by Gasteiger charge is -2.16. The first kappa shape index (κ1) is 19.7. The number of halogens is 3. The largest absolute Gasteiger partial charge is 0.496 e. The fourth-order valence-electron chi connectivity index (χ4n) is 2.87. The minimum Gasteiger partial charge on any atom is -0.496 e. The third-order valence-electron chi connectivity index (χ3n) is 4.72. The Morgan fingerprint density at radius 1 is 1.04 bits per heavy atom. The highest BCUT2D eigenvalue weighted by Gasteiger charge is 2.56. The van der Waals surface area contributed by atoms with Crippen LogP contribution in [-0.4, -0.2) is 18.9 Å². The van der Waals surface area contributed by atoms with Gasteiger partial charge in [0.1, 0.15) is 11.2 Å². The molecule has 148 valence electrons. The van der Waals surface area contributed by atoms with E-state index in [2.05, 4.69) is 10.6 Å². The van der Waals surface area contributed by atoms with Crippen LogP contribution < -0.4 is 15.4 Å². The average Bonchev–Trinajstić information content (AvgIpc) is 3.48. The van der Waals surface area contributed by atoms with Gasteiger partial charge < -0.3 is 15.4 Å². The number of amides is 2. The van der Waals surface area contributed by atoms with Gasteiger partial charge in [-0.15, -0.1) is 0 Å². The maximum atomic E-state index is 12.6. The molecule has 5 nitrogen and oxygen atoms in total. The van der Waals surface area contributed by atoms with Gasteiger partial charge in [-0.25, -0.2) is 0 Å². The molecule has 0 saturated heterocycles. The summed E-state index contributed by atoms with van der Waals surface area (Å²) in [5.74, 6) is -0.311. The van der Waals surface area contributed by atoms with Gasteiger partial charge in [0.15, 0.2) is 0 Å². The summed E-state index contributed by atoms with van der Waals surface area (Å²) in [6.45, 7) is 0.207. The van der Waals surface area contributed by atoms with E-state index in [1.165, 1.54) is 19.2 Å². The minimum atomic E-state index is -4.45. The van der Waals surface area contributed by atoms with Crippen molar-refractivity contribution in [1.82, 2.24) is 5.32 Å². The first-order valence-electron chi connectivity index (χ1n) is 8.65. The van der Waals surface area contributed by atoms with Gasteiger partial charge in [-0.2, -0.15) is 13.2 Å². The molecule has 1 aliphatic carbocycles. The number of methoxy groups -OCH3 is 1. The number of rotatable bonds is 6. The Balaban J connectivity index is 1.62. The lowest BCUT2D eigenvalue weighted by molar-refractivity contribution is -0.137. The summed E-state index contributed by atoms with van der Waals surface area (Å²) in [6, 6.07) is 11.3. The van der Waals surface area contributed by atoms with Crippen molar-refractivity contribution < 1.29 is 27.5 Å². The van der Waals surface area contributed by atoms with E-state index in [0.29, 0.717) is 18.6 Å². The molecule has 1 fully saturated rings.